The molecule has 2 aromatic carbocycles. The van der Waals surface area contributed by atoms with E-state index in [1.165, 1.54) is 0 Å². The van der Waals surface area contributed by atoms with Gasteiger partial charge in [0.1, 0.15) is 11.4 Å². The maximum atomic E-state index is 6.65. The Bertz CT molecular complexity index is 534. The first-order valence-corrected chi connectivity index (χ1v) is 8.51. The van der Waals surface area contributed by atoms with E-state index in [1.807, 2.05) is 63.2 Å². The molecule has 0 N–H and O–H groups in total. The molecule has 0 heterocycles. The third-order valence-electron chi connectivity index (χ3n) is 2.48. The first-order valence-electron chi connectivity index (χ1n) is 6.26. The van der Waals surface area contributed by atoms with Crippen LogP contribution in [0.1, 0.15) is 20.8 Å². The first-order chi connectivity index (χ1) is 8.97. The minimum Gasteiger partial charge on any atom is -0.487 e. The van der Waals surface area contributed by atoms with E-state index in [1.54, 1.807) is 0 Å². The van der Waals surface area contributed by atoms with Crippen LogP contribution in [0.15, 0.2) is 54.6 Å². The van der Waals surface area contributed by atoms with Gasteiger partial charge in [0.05, 0.1) is 7.27 Å². The monoisotopic (exact) mass is 292 g/mol. The Morgan fingerprint density at radius 3 is 2.11 bits per heavy atom. The lowest BCUT2D eigenvalue weighted by molar-refractivity contribution is 0.132. The summed E-state index contributed by atoms with van der Waals surface area (Å²) < 4.78 is 6.01. The molecule has 0 saturated heterocycles. The standard InChI is InChI=1S/C16H18ClOP/c1-16(2,3)18-14-11-7-8-12-15(14)19(17)13-9-5-4-6-10-13/h4-12H,1-3H3. The third-order valence-corrected chi connectivity index (χ3v) is 5.15. The molecule has 0 spiro atoms. The van der Waals surface area contributed by atoms with Gasteiger partial charge < -0.3 is 4.74 Å². The van der Waals surface area contributed by atoms with Crippen molar-refractivity contribution in [1.82, 2.24) is 0 Å². The van der Waals surface area contributed by atoms with Crippen LogP contribution in [0.5, 0.6) is 5.75 Å². The molecular formula is C16H18ClOP. The molecule has 0 amide bonds. The molecule has 1 atom stereocenters. The van der Waals surface area contributed by atoms with E-state index < -0.39 is 7.27 Å². The molecule has 2 aromatic rings. The summed E-state index contributed by atoms with van der Waals surface area (Å²) in [5.74, 6) is 0.875. The van der Waals surface area contributed by atoms with Crippen LogP contribution in [0, 0.1) is 0 Å². The lowest BCUT2D eigenvalue weighted by Gasteiger charge is -2.24. The SMILES string of the molecule is CC(C)(C)Oc1ccccc1P(Cl)c1ccccc1. The molecule has 1 unspecified atom stereocenters. The molecule has 2 rings (SSSR count). The lowest BCUT2D eigenvalue weighted by Crippen LogP contribution is -2.26. The van der Waals surface area contributed by atoms with Crippen LogP contribution in [0.3, 0.4) is 0 Å². The predicted octanol–water partition coefficient (Wildman–Crippen LogP) is 4.45. The van der Waals surface area contributed by atoms with Crippen LogP contribution in [0.25, 0.3) is 0 Å². The molecule has 0 saturated carbocycles. The van der Waals surface area contributed by atoms with Gasteiger partial charge in [-0.1, -0.05) is 53.7 Å². The van der Waals surface area contributed by atoms with Crippen LogP contribution in [0.2, 0.25) is 0 Å². The number of hydrogen-bond donors (Lipinski definition) is 0. The van der Waals surface area contributed by atoms with Gasteiger partial charge in [0.2, 0.25) is 0 Å². The Morgan fingerprint density at radius 2 is 1.47 bits per heavy atom. The van der Waals surface area contributed by atoms with E-state index in [9.17, 15) is 0 Å². The van der Waals surface area contributed by atoms with Gasteiger partial charge in [-0.05, 0) is 38.2 Å². The number of hydrogen-bond acceptors (Lipinski definition) is 1. The number of para-hydroxylation sites is 1. The van der Waals surface area contributed by atoms with Crippen molar-refractivity contribution >= 4 is 29.1 Å². The highest BCUT2D eigenvalue weighted by atomic mass is 35.7. The smallest absolute Gasteiger partial charge is 0.129 e. The molecule has 0 aliphatic rings. The van der Waals surface area contributed by atoms with Gasteiger partial charge in [0.25, 0.3) is 0 Å². The summed E-state index contributed by atoms with van der Waals surface area (Å²) in [6.07, 6.45) is 0. The molecule has 1 nitrogen and oxygen atoms in total. The maximum absolute atomic E-state index is 6.65. The minimum atomic E-state index is -0.897. The fourth-order valence-corrected chi connectivity index (χ4v) is 3.73. The Labute approximate surface area is 121 Å². The second-order valence-corrected chi connectivity index (χ2v) is 7.87. The number of rotatable bonds is 3. The zero-order valence-electron chi connectivity index (χ0n) is 11.4. The molecule has 3 heteroatoms. The van der Waals surface area contributed by atoms with Crippen LogP contribution in [-0.2, 0) is 0 Å². The second kappa shape index (κ2) is 5.94. The van der Waals surface area contributed by atoms with Crippen molar-refractivity contribution in [2.75, 3.05) is 0 Å². The summed E-state index contributed by atoms with van der Waals surface area (Å²) in [6, 6.07) is 18.2. The van der Waals surface area contributed by atoms with Crippen molar-refractivity contribution in [3.63, 3.8) is 0 Å². The Morgan fingerprint density at radius 1 is 0.895 bits per heavy atom. The van der Waals surface area contributed by atoms with Gasteiger partial charge in [-0.25, -0.2) is 0 Å². The summed E-state index contributed by atoms with van der Waals surface area (Å²) in [4.78, 5) is 0. The second-order valence-electron chi connectivity index (χ2n) is 5.30. The minimum absolute atomic E-state index is 0.222. The van der Waals surface area contributed by atoms with Crippen LogP contribution < -0.4 is 15.3 Å². The number of benzene rings is 2. The fraction of sp³-hybridized carbons (Fsp3) is 0.250. The number of halogens is 1. The van der Waals surface area contributed by atoms with Gasteiger partial charge >= 0.3 is 0 Å². The predicted molar refractivity (Wildman–Crippen MR) is 85.3 cm³/mol. The van der Waals surface area contributed by atoms with Crippen molar-refractivity contribution in [2.24, 2.45) is 0 Å². The van der Waals surface area contributed by atoms with Crippen LogP contribution in [0.4, 0.5) is 0 Å². The van der Waals surface area contributed by atoms with Gasteiger partial charge in [-0.2, -0.15) is 0 Å². The van der Waals surface area contributed by atoms with E-state index in [0.29, 0.717) is 0 Å². The molecule has 0 radical (unpaired) electrons. The van der Waals surface area contributed by atoms with Gasteiger partial charge in [-0.3, -0.25) is 0 Å². The molecule has 0 fully saturated rings. The van der Waals surface area contributed by atoms with E-state index in [2.05, 4.69) is 12.1 Å². The fourth-order valence-electron chi connectivity index (χ4n) is 1.73. The maximum Gasteiger partial charge on any atom is 0.129 e. The van der Waals surface area contributed by atoms with Gasteiger partial charge in [-0.15, -0.1) is 0 Å². The molecule has 19 heavy (non-hydrogen) atoms. The van der Waals surface area contributed by atoms with E-state index >= 15 is 0 Å². The summed E-state index contributed by atoms with van der Waals surface area (Å²) in [5, 5.41) is 2.21. The van der Waals surface area contributed by atoms with Crippen molar-refractivity contribution in [2.45, 2.75) is 26.4 Å². The highest BCUT2D eigenvalue weighted by molar-refractivity contribution is 7.95. The van der Waals surface area contributed by atoms with Gasteiger partial charge in [0.15, 0.2) is 0 Å². The quantitative estimate of drug-likeness (QED) is 0.760. The summed E-state index contributed by atoms with van der Waals surface area (Å²) >= 11 is 6.65. The summed E-state index contributed by atoms with van der Waals surface area (Å²) in [6.45, 7) is 6.13. The van der Waals surface area contributed by atoms with E-state index in [-0.39, 0.29) is 5.60 Å². The average molecular weight is 293 g/mol. The Kier molecular flexibility index (Phi) is 4.50. The first kappa shape index (κ1) is 14.4. The van der Waals surface area contributed by atoms with Gasteiger partial charge in [0, 0.05) is 5.30 Å². The Balaban J connectivity index is 2.35. The molecule has 0 aliphatic carbocycles. The van der Waals surface area contributed by atoms with Crippen LogP contribution in [-0.4, -0.2) is 5.60 Å². The molecule has 100 valence electrons. The topological polar surface area (TPSA) is 9.23 Å². The molecule has 0 aliphatic heterocycles. The zero-order chi connectivity index (χ0) is 13.9. The Hall–Kier alpha value is -1.04. The largest absolute Gasteiger partial charge is 0.487 e. The van der Waals surface area contributed by atoms with Crippen molar-refractivity contribution in [1.29, 1.82) is 0 Å². The number of ether oxygens (including phenoxy) is 1. The van der Waals surface area contributed by atoms with Crippen molar-refractivity contribution < 1.29 is 4.74 Å². The normalized spacial score (nSPS) is 13.1. The van der Waals surface area contributed by atoms with Crippen LogP contribution >= 0.6 is 18.5 Å². The highest BCUT2D eigenvalue weighted by Gasteiger charge is 2.19. The summed E-state index contributed by atoms with van der Waals surface area (Å²) in [5.41, 5.74) is -0.222. The zero-order valence-corrected chi connectivity index (χ0v) is 13.1. The van der Waals surface area contributed by atoms with E-state index in [0.717, 1.165) is 16.4 Å². The lowest BCUT2D eigenvalue weighted by atomic mass is 10.2. The molecule has 0 bridgehead atoms. The molecular weight excluding hydrogens is 275 g/mol. The third kappa shape index (κ3) is 3.96. The van der Waals surface area contributed by atoms with Crippen molar-refractivity contribution in [3.05, 3.63) is 54.6 Å². The van der Waals surface area contributed by atoms with E-state index in [4.69, 9.17) is 16.0 Å². The molecule has 0 aromatic heterocycles. The highest BCUT2D eigenvalue weighted by Crippen LogP contribution is 2.42. The van der Waals surface area contributed by atoms with Crippen molar-refractivity contribution in [3.8, 4) is 5.75 Å². The average Bonchev–Trinajstić information content (AvgIpc) is 2.38. The summed E-state index contributed by atoms with van der Waals surface area (Å²) in [7, 11) is -0.897.